The summed E-state index contributed by atoms with van der Waals surface area (Å²) in [6.07, 6.45) is 3.99. The van der Waals surface area contributed by atoms with Crippen molar-refractivity contribution in [3.05, 3.63) is 47.0 Å². The second-order valence-corrected chi connectivity index (χ2v) is 8.17. The zero-order valence-corrected chi connectivity index (χ0v) is 16.9. The second kappa shape index (κ2) is 8.10. The van der Waals surface area contributed by atoms with Crippen LogP contribution in [0.15, 0.2) is 35.2 Å². The topological polar surface area (TPSA) is 90.9 Å². The highest BCUT2D eigenvalue weighted by Gasteiger charge is 2.23. The number of fused-ring (bicyclic) bond motifs is 1. The maximum atomic E-state index is 13.0. The van der Waals surface area contributed by atoms with Crippen molar-refractivity contribution in [3.8, 4) is 11.5 Å². The maximum absolute atomic E-state index is 13.0. The highest BCUT2D eigenvalue weighted by molar-refractivity contribution is 7.92. The third kappa shape index (κ3) is 3.91. The van der Waals surface area contributed by atoms with Gasteiger partial charge in [-0.1, -0.05) is 6.07 Å². The molecule has 2 aromatic rings. The fraction of sp³-hybridized carbons (Fsp3) is 0.350. The van der Waals surface area contributed by atoms with Crippen molar-refractivity contribution in [2.75, 3.05) is 26.1 Å². The van der Waals surface area contributed by atoms with E-state index in [4.69, 9.17) is 14.2 Å². The number of methoxy groups -OCH3 is 3. The first kappa shape index (κ1) is 20.0. The summed E-state index contributed by atoms with van der Waals surface area (Å²) < 4.78 is 43.6. The number of carbonyl (C=O) groups is 1. The lowest BCUT2D eigenvalue weighted by molar-refractivity contribution is 0.0601. The van der Waals surface area contributed by atoms with Crippen molar-refractivity contribution in [2.24, 2.45) is 0 Å². The van der Waals surface area contributed by atoms with Gasteiger partial charge in [-0.25, -0.2) is 13.2 Å². The van der Waals surface area contributed by atoms with Crippen LogP contribution in [0.4, 0.5) is 5.69 Å². The van der Waals surface area contributed by atoms with Crippen LogP contribution in [0.2, 0.25) is 0 Å². The van der Waals surface area contributed by atoms with Gasteiger partial charge in [-0.05, 0) is 48.9 Å². The Hall–Kier alpha value is -2.74. The second-order valence-electron chi connectivity index (χ2n) is 6.49. The van der Waals surface area contributed by atoms with E-state index in [1.165, 1.54) is 39.0 Å². The normalized spacial score (nSPS) is 13.4. The largest absolute Gasteiger partial charge is 0.493 e. The summed E-state index contributed by atoms with van der Waals surface area (Å²) in [4.78, 5) is 12.3. The molecule has 1 aliphatic rings. The van der Waals surface area contributed by atoms with Crippen LogP contribution in [0.1, 0.15) is 34.3 Å². The van der Waals surface area contributed by atoms with Gasteiger partial charge in [0.2, 0.25) is 0 Å². The number of carbonyl (C=O) groups excluding carboxylic acids is 1. The molecule has 0 atom stereocenters. The number of hydrogen-bond donors (Lipinski definition) is 1. The lowest BCUT2D eigenvalue weighted by atomic mass is 9.92. The van der Waals surface area contributed by atoms with Crippen LogP contribution in [0.3, 0.4) is 0 Å². The highest BCUT2D eigenvalue weighted by atomic mass is 32.2. The molecule has 1 N–H and O–H groups in total. The Kier molecular flexibility index (Phi) is 5.79. The Morgan fingerprint density at radius 2 is 1.57 bits per heavy atom. The molecule has 0 aromatic heterocycles. The predicted octanol–water partition coefficient (Wildman–Crippen LogP) is 3.17. The molecule has 0 amide bonds. The molecule has 1 aliphatic carbocycles. The van der Waals surface area contributed by atoms with Crippen molar-refractivity contribution < 1.29 is 27.4 Å². The van der Waals surface area contributed by atoms with Crippen LogP contribution < -0.4 is 14.2 Å². The number of rotatable bonds is 6. The predicted molar refractivity (Wildman–Crippen MR) is 105 cm³/mol. The number of nitrogens with one attached hydrogen (secondary N) is 1. The van der Waals surface area contributed by atoms with Crippen molar-refractivity contribution >= 4 is 21.7 Å². The summed E-state index contributed by atoms with van der Waals surface area (Å²) in [5.74, 6) is -0.109. The van der Waals surface area contributed by atoms with Crippen LogP contribution in [-0.4, -0.2) is 35.7 Å². The van der Waals surface area contributed by atoms with Gasteiger partial charge in [-0.2, -0.15) is 0 Å². The standard InChI is InChI=1S/C20H23NO6S/c1-25-18-11-16(20(22)27-3)17(12-19(18)26-2)21-28(23,24)15-9-8-13-6-4-5-7-14(13)10-15/h8-12,21H,4-7H2,1-3H3. The van der Waals surface area contributed by atoms with Gasteiger partial charge in [0.15, 0.2) is 11.5 Å². The zero-order valence-electron chi connectivity index (χ0n) is 16.1. The maximum Gasteiger partial charge on any atom is 0.340 e. The molecule has 28 heavy (non-hydrogen) atoms. The van der Waals surface area contributed by atoms with E-state index in [-0.39, 0.29) is 16.1 Å². The average Bonchev–Trinajstić information content (AvgIpc) is 2.72. The van der Waals surface area contributed by atoms with E-state index < -0.39 is 16.0 Å². The first-order chi connectivity index (χ1) is 13.4. The molecule has 0 unspecified atom stereocenters. The molecular weight excluding hydrogens is 382 g/mol. The molecule has 0 fully saturated rings. The fourth-order valence-electron chi connectivity index (χ4n) is 3.32. The van der Waals surface area contributed by atoms with Gasteiger partial charge in [0.25, 0.3) is 10.0 Å². The summed E-state index contributed by atoms with van der Waals surface area (Å²) in [5, 5.41) is 0. The minimum atomic E-state index is -3.91. The molecule has 0 spiro atoms. The van der Waals surface area contributed by atoms with Gasteiger partial charge in [-0.3, -0.25) is 4.72 Å². The van der Waals surface area contributed by atoms with Gasteiger partial charge in [0.05, 0.1) is 37.5 Å². The number of benzene rings is 2. The number of esters is 1. The molecule has 3 rings (SSSR count). The molecule has 0 bridgehead atoms. The molecule has 0 aliphatic heterocycles. The van der Waals surface area contributed by atoms with E-state index >= 15 is 0 Å². The molecule has 150 valence electrons. The summed E-state index contributed by atoms with van der Waals surface area (Å²) >= 11 is 0. The lowest BCUT2D eigenvalue weighted by Crippen LogP contribution is -2.17. The first-order valence-electron chi connectivity index (χ1n) is 8.88. The monoisotopic (exact) mass is 405 g/mol. The molecule has 0 saturated heterocycles. The van der Waals surface area contributed by atoms with E-state index in [0.29, 0.717) is 11.5 Å². The minimum absolute atomic E-state index is 0.0293. The van der Waals surface area contributed by atoms with Crippen molar-refractivity contribution in [2.45, 2.75) is 30.6 Å². The summed E-state index contributed by atoms with van der Waals surface area (Å²) in [5.41, 5.74) is 2.32. The van der Waals surface area contributed by atoms with E-state index in [1.807, 2.05) is 6.07 Å². The molecule has 0 radical (unpaired) electrons. The Balaban J connectivity index is 2.02. The average molecular weight is 405 g/mol. The summed E-state index contributed by atoms with van der Waals surface area (Å²) in [6.45, 7) is 0. The smallest absolute Gasteiger partial charge is 0.340 e. The summed E-state index contributed by atoms with van der Waals surface area (Å²) in [6, 6.07) is 7.94. The van der Waals surface area contributed by atoms with E-state index in [0.717, 1.165) is 31.2 Å². The van der Waals surface area contributed by atoms with E-state index in [2.05, 4.69) is 4.72 Å². The Morgan fingerprint density at radius 1 is 0.929 bits per heavy atom. The van der Waals surface area contributed by atoms with Crippen LogP contribution in [0, 0.1) is 0 Å². The third-order valence-corrected chi connectivity index (χ3v) is 6.17. The Morgan fingerprint density at radius 3 is 2.21 bits per heavy atom. The fourth-order valence-corrected chi connectivity index (χ4v) is 4.44. The zero-order chi connectivity index (χ0) is 20.3. The number of anilines is 1. The first-order valence-corrected chi connectivity index (χ1v) is 10.4. The number of aryl methyl sites for hydroxylation is 2. The van der Waals surface area contributed by atoms with Crippen molar-refractivity contribution in [1.29, 1.82) is 0 Å². The quantitative estimate of drug-likeness (QED) is 0.743. The van der Waals surface area contributed by atoms with E-state index in [9.17, 15) is 13.2 Å². The van der Waals surface area contributed by atoms with Crippen molar-refractivity contribution in [1.82, 2.24) is 0 Å². The SMILES string of the molecule is COC(=O)c1cc(OC)c(OC)cc1NS(=O)(=O)c1ccc2c(c1)CCCC2. The Bertz CT molecular complexity index is 1000. The lowest BCUT2D eigenvalue weighted by Gasteiger charge is -2.18. The van der Waals surface area contributed by atoms with Gasteiger partial charge in [-0.15, -0.1) is 0 Å². The molecule has 7 nitrogen and oxygen atoms in total. The van der Waals surface area contributed by atoms with Gasteiger partial charge < -0.3 is 14.2 Å². The molecule has 0 saturated carbocycles. The van der Waals surface area contributed by atoms with Gasteiger partial charge in [0, 0.05) is 12.1 Å². The van der Waals surface area contributed by atoms with Crippen LogP contribution >= 0.6 is 0 Å². The van der Waals surface area contributed by atoms with Crippen molar-refractivity contribution in [3.63, 3.8) is 0 Å². The number of ether oxygens (including phenoxy) is 3. The third-order valence-electron chi connectivity index (χ3n) is 4.80. The van der Waals surface area contributed by atoms with E-state index in [1.54, 1.807) is 12.1 Å². The van der Waals surface area contributed by atoms with Crippen LogP contribution in [0.25, 0.3) is 0 Å². The minimum Gasteiger partial charge on any atom is -0.493 e. The highest BCUT2D eigenvalue weighted by Crippen LogP contribution is 2.35. The molecule has 2 aromatic carbocycles. The van der Waals surface area contributed by atoms with Crippen LogP contribution in [0.5, 0.6) is 11.5 Å². The molecule has 8 heteroatoms. The molecular formula is C20H23NO6S. The number of sulfonamides is 1. The van der Waals surface area contributed by atoms with Gasteiger partial charge >= 0.3 is 5.97 Å². The number of hydrogen-bond acceptors (Lipinski definition) is 6. The van der Waals surface area contributed by atoms with Gasteiger partial charge in [0.1, 0.15) is 0 Å². The van der Waals surface area contributed by atoms with Crippen LogP contribution in [-0.2, 0) is 27.6 Å². The Labute approximate surface area is 164 Å². The molecule has 0 heterocycles. The summed E-state index contributed by atoms with van der Waals surface area (Å²) in [7, 11) is 0.168.